The number of amides is 3. The van der Waals surface area contributed by atoms with Gasteiger partial charge < -0.3 is 10.1 Å². The molecule has 1 spiro atoms. The van der Waals surface area contributed by atoms with E-state index >= 15 is 0 Å². The largest absolute Gasteiger partial charge is 0.445 e. The summed E-state index contributed by atoms with van der Waals surface area (Å²) in [5.41, 5.74) is 2.11. The normalized spacial score (nSPS) is 21.4. The zero-order valence-electron chi connectivity index (χ0n) is 21.2. The first-order chi connectivity index (χ1) is 17.2. The Morgan fingerprint density at radius 2 is 1.97 bits per heavy atom. The van der Waals surface area contributed by atoms with Crippen molar-refractivity contribution >= 4 is 23.6 Å². The molecule has 36 heavy (non-hydrogen) atoms. The van der Waals surface area contributed by atoms with Crippen LogP contribution in [0.2, 0.25) is 0 Å². The highest BCUT2D eigenvalue weighted by Gasteiger charge is 2.57. The average Bonchev–Trinajstić information content (AvgIpc) is 3.41. The van der Waals surface area contributed by atoms with Crippen molar-refractivity contribution in [2.45, 2.75) is 57.7 Å². The van der Waals surface area contributed by atoms with Crippen molar-refractivity contribution in [2.75, 3.05) is 18.5 Å². The Morgan fingerprint density at radius 1 is 1.25 bits per heavy atom. The van der Waals surface area contributed by atoms with E-state index in [-0.39, 0.29) is 25.0 Å². The highest BCUT2D eigenvalue weighted by Crippen LogP contribution is 2.47. The minimum absolute atomic E-state index is 0.0850. The lowest BCUT2D eigenvalue weighted by atomic mass is 9.79. The molecule has 188 valence electrons. The predicted molar refractivity (Wildman–Crippen MR) is 135 cm³/mol. The number of likely N-dealkylation sites (N-methyl/N-ethyl adjacent to an activating group) is 1. The Hall–Kier alpha value is -3.70. The molecule has 0 aliphatic carbocycles. The van der Waals surface area contributed by atoms with Crippen LogP contribution in [0, 0.1) is 24.2 Å². The Bertz CT molecular complexity index is 1210. The molecule has 8 nitrogen and oxygen atoms in total. The molecule has 3 amide bonds. The number of nitrogens with one attached hydrogen (secondary N) is 1. The van der Waals surface area contributed by atoms with Crippen LogP contribution in [-0.2, 0) is 26.3 Å². The molecule has 0 radical (unpaired) electrons. The fourth-order valence-electron chi connectivity index (χ4n) is 5.10. The number of fused-ring (bicyclic) bond motifs is 2. The van der Waals surface area contributed by atoms with E-state index in [0.29, 0.717) is 18.5 Å². The molecule has 0 bridgehead atoms. The lowest BCUT2D eigenvalue weighted by molar-refractivity contribution is -0.131. The summed E-state index contributed by atoms with van der Waals surface area (Å²) in [4.78, 5) is 43.4. The second-order valence-corrected chi connectivity index (χ2v) is 10.1. The van der Waals surface area contributed by atoms with Crippen molar-refractivity contribution < 1.29 is 19.1 Å². The Labute approximate surface area is 211 Å². The van der Waals surface area contributed by atoms with E-state index < -0.39 is 29.5 Å². The quantitative estimate of drug-likeness (QED) is 0.666. The van der Waals surface area contributed by atoms with Gasteiger partial charge in [0, 0.05) is 13.6 Å². The summed E-state index contributed by atoms with van der Waals surface area (Å²) in [5.74, 6) is -0.725. The fraction of sp³-hybridized carbons (Fsp3) is 0.429. The highest BCUT2D eigenvalue weighted by atomic mass is 16.6. The fourth-order valence-corrected chi connectivity index (χ4v) is 5.10. The summed E-state index contributed by atoms with van der Waals surface area (Å²) in [7, 11) is 1.54. The molecule has 1 fully saturated rings. The Balaban J connectivity index is 1.63. The van der Waals surface area contributed by atoms with E-state index in [1.807, 2.05) is 63.2 Å². The summed E-state index contributed by atoms with van der Waals surface area (Å²) in [6, 6.07) is 15.7. The second-order valence-electron chi connectivity index (χ2n) is 10.1. The molecule has 0 aromatic heterocycles. The van der Waals surface area contributed by atoms with Gasteiger partial charge in [0.15, 0.2) is 0 Å². The van der Waals surface area contributed by atoms with Gasteiger partial charge in [-0.25, -0.2) is 9.69 Å². The van der Waals surface area contributed by atoms with Crippen LogP contribution in [0.25, 0.3) is 0 Å². The number of carbonyl (C=O) groups is 3. The first-order valence-electron chi connectivity index (χ1n) is 12.2. The molecule has 2 aliphatic heterocycles. The molecule has 8 heteroatoms. The molecular weight excluding hydrogens is 456 g/mol. The molecule has 4 rings (SSSR count). The number of anilines is 1. The van der Waals surface area contributed by atoms with E-state index in [1.54, 1.807) is 6.07 Å². The maximum Gasteiger partial charge on any atom is 0.410 e. The molecule has 2 heterocycles. The van der Waals surface area contributed by atoms with Crippen molar-refractivity contribution in [3.05, 3.63) is 65.2 Å². The van der Waals surface area contributed by atoms with Gasteiger partial charge in [0.2, 0.25) is 5.91 Å². The predicted octanol–water partition coefficient (Wildman–Crippen LogP) is 3.67. The van der Waals surface area contributed by atoms with E-state index in [0.717, 1.165) is 16.7 Å². The van der Waals surface area contributed by atoms with Crippen LogP contribution in [0.15, 0.2) is 48.5 Å². The standard InChI is InChI=1S/C28H32N4O4/c1-18(2)12-24(31(4)27(35)36-16-20-8-6-5-7-9-20)25(33)32-23-11-10-19(3)13-22(23)28(26(32)34)14-21(15-29)30-17-28/h5-11,13,18,21,24,30H,12,14,16-17H2,1-4H3/t21-,24-,28-/m0/s1. The van der Waals surface area contributed by atoms with E-state index in [1.165, 1.54) is 16.8 Å². The number of hydrogen-bond donors (Lipinski definition) is 1. The summed E-state index contributed by atoms with van der Waals surface area (Å²) in [6.07, 6.45) is 0.0366. The molecule has 2 aliphatic rings. The maximum atomic E-state index is 14.0. The summed E-state index contributed by atoms with van der Waals surface area (Å²) in [5, 5.41) is 12.6. The van der Waals surface area contributed by atoms with Crippen LogP contribution >= 0.6 is 0 Å². The number of hydrogen-bond acceptors (Lipinski definition) is 6. The molecule has 1 saturated heterocycles. The van der Waals surface area contributed by atoms with Gasteiger partial charge >= 0.3 is 6.09 Å². The van der Waals surface area contributed by atoms with Crippen molar-refractivity contribution in [1.82, 2.24) is 10.2 Å². The van der Waals surface area contributed by atoms with Gasteiger partial charge in [-0.3, -0.25) is 14.5 Å². The number of benzene rings is 2. The van der Waals surface area contributed by atoms with Gasteiger partial charge in [-0.05, 0) is 42.9 Å². The maximum absolute atomic E-state index is 14.0. The number of imide groups is 1. The van der Waals surface area contributed by atoms with Crippen LogP contribution < -0.4 is 10.2 Å². The second kappa shape index (κ2) is 10.1. The highest BCUT2D eigenvalue weighted by molar-refractivity contribution is 6.24. The lowest BCUT2D eigenvalue weighted by Crippen LogP contribution is -2.53. The molecule has 1 N–H and O–H groups in total. The first-order valence-corrected chi connectivity index (χ1v) is 12.2. The van der Waals surface area contributed by atoms with Gasteiger partial charge in [-0.15, -0.1) is 0 Å². The molecule has 2 aromatic rings. The monoisotopic (exact) mass is 488 g/mol. The van der Waals surface area contributed by atoms with E-state index in [4.69, 9.17) is 4.74 Å². The third-order valence-electron chi connectivity index (χ3n) is 7.04. The number of nitriles is 1. The molecule has 2 aromatic carbocycles. The molecule has 0 saturated carbocycles. The van der Waals surface area contributed by atoms with Gasteiger partial charge in [-0.2, -0.15) is 5.26 Å². The topological polar surface area (TPSA) is 103 Å². The molecule has 3 atom stereocenters. The van der Waals surface area contributed by atoms with Crippen molar-refractivity contribution in [1.29, 1.82) is 5.26 Å². The third-order valence-corrected chi connectivity index (χ3v) is 7.04. The van der Waals surface area contributed by atoms with Crippen molar-refractivity contribution in [3.63, 3.8) is 0 Å². The number of nitrogens with zero attached hydrogens (tertiary/aromatic N) is 3. The van der Waals surface area contributed by atoms with Gasteiger partial charge in [0.25, 0.3) is 5.91 Å². The summed E-state index contributed by atoms with van der Waals surface area (Å²) >= 11 is 0. The van der Waals surface area contributed by atoms with Crippen molar-refractivity contribution in [3.8, 4) is 6.07 Å². The van der Waals surface area contributed by atoms with Gasteiger partial charge in [-0.1, -0.05) is 61.9 Å². The SMILES string of the molecule is Cc1ccc2c(c1)[C@]1(CN[C@H](C#N)C1)C(=O)N2C(=O)[C@H](CC(C)C)N(C)C(=O)OCc1ccccc1. The van der Waals surface area contributed by atoms with Crippen LogP contribution in [-0.4, -0.2) is 48.5 Å². The number of aryl methyl sites for hydroxylation is 1. The Kier molecular flexibility index (Phi) is 7.14. The van der Waals surface area contributed by atoms with Crippen molar-refractivity contribution in [2.24, 2.45) is 5.92 Å². The number of ether oxygens (including phenoxy) is 1. The minimum atomic E-state index is -0.980. The Morgan fingerprint density at radius 3 is 2.61 bits per heavy atom. The number of rotatable bonds is 6. The zero-order valence-corrected chi connectivity index (χ0v) is 21.2. The average molecular weight is 489 g/mol. The van der Waals surface area contributed by atoms with Crippen LogP contribution in [0.4, 0.5) is 10.5 Å². The van der Waals surface area contributed by atoms with Crippen LogP contribution in [0.3, 0.4) is 0 Å². The minimum Gasteiger partial charge on any atom is -0.445 e. The smallest absolute Gasteiger partial charge is 0.410 e. The first kappa shape index (κ1) is 25.4. The molecular formula is C28H32N4O4. The van der Waals surface area contributed by atoms with Gasteiger partial charge in [0.05, 0.1) is 23.2 Å². The zero-order chi connectivity index (χ0) is 26.0. The van der Waals surface area contributed by atoms with Gasteiger partial charge in [0.1, 0.15) is 12.6 Å². The number of carbonyl (C=O) groups excluding carboxylic acids is 3. The summed E-state index contributed by atoms with van der Waals surface area (Å²) < 4.78 is 5.48. The van der Waals surface area contributed by atoms with Crippen LogP contribution in [0.1, 0.15) is 43.4 Å². The van der Waals surface area contributed by atoms with E-state index in [9.17, 15) is 19.6 Å². The van der Waals surface area contributed by atoms with E-state index in [2.05, 4.69) is 11.4 Å². The summed E-state index contributed by atoms with van der Waals surface area (Å²) in [6.45, 7) is 6.24. The third kappa shape index (κ3) is 4.59. The molecule has 0 unspecified atom stereocenters. The van der Waals surface area contributed by atoms with Crippen LogP contribution in [0.5, 0.6) is 0 Å². The lowest BCUT2D eigenvalue weighted by Gasteiger charge is -2.31.